The Hall–Kier alpha value is -0.660. The van der Waals surface area contributed by atoms with E-state index < -0.39 is 0 Å². The Morgan fingerprint density at radius 3 is 0.795 bits per heavy atom. The fourth-order valence-electron chi connectivity index (χ4n) is 7.25. The molecular weight excluding hydrogens is 532 g/mol. The molecule has 44 heavy (non-hydrogen) atoms. The molecule has 0 fully saturated rings. The molecule has 0 aromatic heterocycles. The summed E-state index contributed by atoms with van der Waals surface area (Å²) < 4.78 is 0. The Labute approximate surface area is 280 Å². The number of rotatable bonds is 36. The summed E-state index contributed by atoms with van der Waals surface area (Å²) in [5.74, 6) is 0. The molecule has 2 heteroatoms. The third-order valence-electron chi connectivity index (χ3n) is 10.3. The van der Waals surface area contributed by atoms with E-state index in [1.807, 2.05) is 0 Å². The molecular formula is C42H84N2. The van der Waals surface area contributed by atoms with Crippen LogP contribution in [-0.2, 0) is 0 Å². The van der Waals surface area contributed by atoms with E-state index in [0.717, 1.165) is 0 Å². The average molecular weight is 617 g/mol. The van der Waals surface area contributed by atoms with Crippen molar-refractivity contribution in [2.45, 2.75) is 245 Å². The molecule has 0 amide bonds. The maximum atomic E-state index is 2.72. The van der Waals surface area contributed by atoms with Crippen LogP contribution in [-0.4, -0.2) is 29.1 Å². The minimum absolute atomic E-state index is 0.639. The van der Waals surface area contributed by atoms with Crippen LogP contribution in [0.2, 0.25) is 0 Å². The number of hydrogen-bond acceptors (Lipinski definition) is 2. The zero-order chi connectivity index (χ0) is 31.6. The summed E-state index contributed by atoms with van der Waals surface area (Å²) in [5.41, 5.74) is 0. The molecule has 0 aromatic carbocycles. The summed E-state index contributed by atoms with van der Waals surface area (Å²) in [7, 11) is 0. The Morgan fingerprint density at radius 2 is 0.523 bits per heavy atom. The van der Waals surface area contributed by atoms with E-state index in [9.17, 15) is 0 Å². The van der Waals surface area contributed by atoms with Gasteiger partial charge >= 0.3 is 0 Å². The second kappa shape index (κ2) is 33.7. The Balaban J connectivity index is 2.16. The van der Waals surface area contributed by atoms with Gasteiger partial charge in [-0.1, -0.05) is 213 Å². The van der Waals surface area contributed by atoms with Crippen LogP contribution >= 0.6 is 0 Å². The fourth-order valence-corrected chi connectivity index (χ4v) is 7.25. The number of unbranched alkanes of at least 4 members (excludes halogenated alkanes) is 30. The molecule has 0 bridgehead atoms. The van der Waals surface area contributed by atoms with Crippen LogP contribution in [0.4, 0.5) is 0 Å². The van der Waals surface area contributed by atoms with Gasteiger partial charge in [-0.3, -0.25) is 0 Å². The second-order valence-corrected chi connectivity index (χ2v) is 14.6. The normalized spacial score (nSPS) is 14.8. The Bertz CT molecular complexity index is 572. The van der Waals surface area contributed by atoms with E-state index in [-0.39, 0.29) is 0 Å². The molecule has 2 nitrogen and oxygen atoms in total. The van der Waals surface area contributed by atoms with Crippen molar-refractivity contribution in [3.05, 3.63) is 12.4 Å². The predicted molar refractivity (Wildman–Crippen MR) is 200 cm³/mol. The number of nitrogens with zero attached hydrogens (tertiary/aromatic N) is 2. The van der Waals surface area contributed by atoms with Gasteiger partial charge in [0, 0.05) is 25.5 Å². The Morgan fingerprint density at radius 1 is 0.295 bits per heavy atom. The highest BCUT2D eigenvalue weighted by Crippen LogP contribution is 2.24. The van der Waals surface area contributed by atoms with Crippen molar-refractivity contribution >= 4 is 0 Å². The molecule has 1 rings (SSSR count). The van der Waals surface area contributed by atoms with Crippen molar-refractivity contribution in [1.82, 2.24) is 9.80 Å². The highest BCUT2D eigenvalue weighted by atomic mass is 15.4. The second-order valence-electron chi connectivity index (χ2n) is 14.6. The largest absolute Gasteiger partial charge is 0.356 e. The third kappa shape index (κ3) is 25.5. The van der Waals surface area contributed by atoms with Gasteiger partial charge in [0.25, 0.3) is 0 Å². The van der Waals surface area contributed by atoms with Crippen LogP contribution in [0, 0.1) is 0 Å². The van der Waals surface area contributed by atoms with Gasteiger partial charge in [-0.25, -0.2) is 0 Å². The molecule has 262 valence electrons. The zero-order valence-corrected chi connectivity index (χ0v) is 31.1. The first-order valence-electron chi connectivity index (χ1n) is 21.0. The summed E-state index contributed by atoms with van der Waals surface area (Å²) in [6.07, 6.45) is 54.4. The lowest BCUT2D eigenvalue weighted by Crippen LogP contribution is -2.39. The first kappa shape index (κ1) is 41.4. The average Bonchev–Trinajstić information content (AvgIpc) is 3.42. The third-order valence-corrected chi connectivity index (χ3v) is 10.3. The minimum Gasteiger partial charge on any atom is -0.356 e. The topological polar surface area (TPSA) is 6.48 Å². The van der Waals surface area contributed by atoms with E-state index in [4.69, 9.17) is 0 Å². The van der Waals surface area contributed by atoms with Crippen LogP contribution in [0.25, 0.3) is 0 Å². The van der Waals surface area contributed by atoms with Crippen LogP contribution in [0.15, 0.2) is 12.4 Å². The molecule has 0 saturated heterocycles. The standard InChI is InChI=1S/C42H84N2/c1-4-7-10-13-16-18-20-21-22-23-25-27-30-33-36-39-44-41-40-43(42(44)37-34-31-28-15-12-9-6-3)38-35-32-29-26-24-19-17-14-11-8-5-2/h40-42H,4-39H2,1-3H3. The summed E-state index contributed by atoms with van der Waals surface area (Å²) >= 11 is 0. The van der Waals surface area contributed by atoms with Crippen molar-refractivity contribution in [3.63, 3.8) is 0 Å². The smallest absolute Gasteiger partial charge is 0.101 e. The van der Waals surface area contributed by atoms with Gasteiger partial charge in [-0.2, -0.15) is 0 Å². The molecule has 1 aliphatic heterocycles. The van der Waals surface area contributed by atoms with Gasteiger partial charge in [-0.15, -0.1) is 0 Å². The molecule has 0 N–H and O–H groups in total. The van der Waals surface area contributed by atoms with Gasteiger partial charge in [0.1, 0.15) is 6.17 Å². The lowest BCUT2D eigenvalue weighted by Gasteiger charge is -2.33. The summed E-state index contributed by atoms with van der Waals surface area (Å²) in [4.78, 5) is 5.44. The van der Waals surface area contributed by atoms with E-state index in [1.54, 1.807) is 0 Å². The van der Waals surface area contributed by atoms with E-state index in [1.165, 1.54) is 231 Å². The van der Waals surface area contributed by atoms with Crippen molar-refractivity contribution in [1.29, 1.82) is 0 Å². The van der Waals surface area contributed by atoms with Crippen molar-refractivity contribution in [3.8, 4) is 0 Å². The molecule has 0 aromatic rings. The predicted octanol–water partition coefficient (Wildman–Crippen LogP) is 14.7. The van der Waals surface area contributed by atoms with Crippen molar-refractivity contribution < 1.29 is 0 Å². The van der Waals surface area contributed by atoms with E-state index in [2.05, 4.69) is 43.0 Å². The lowest BCUT2D eigenvalue weighted by atomic mass is 10.0. The monoisotopic (exact) mass is 617 g/mol. The van der Waals surface area contributed by atoms with Gasteiger partial charge in [0.15, 0.2) is 0 Å². The molecule has 0 saturated carbocycles. The van der Waals surface area contributed by atoms with Crippen molar-refractivity contribution in [2.24, 2.45) is 0 Å². The molecule has 0 aliphatic carbocycles. The van der Waals surface area contributed by atoms with Gasteiger partial charge in [0.2, 0.25) is 0 Å². The summed E-state index contributed by atoms with van der Waals surface area (Å²) in [5, 5.41) is 0. The van der Waals surface area contributed by atoms with Crippen LogP contribution in [0.1, 0.15) is 239 Å². The van der Waals surface area contributed by atoms with Crippen LogP contribution in [0.5, 0.6) is 0 Å². The van der Waals surface area contributed by atoms with Gasteiger partial charge in [-0.05, 0) is 25.7 Å². The van der Waals surface area contributed by atoms with Crippen molar-refractivity contribution in [2.75, 3.05) is 13.1 Å². The van der Waals surface area contributed by atoms with Gasteiger partial charge in [0.05, 0.1) is 0 Å². The lowest BCUT2D eigenvalue weighted by molar-refractivity contribution is 0.135. The Kier molecular flexibility index (Phi) is 31.7. The minimum atomic E-state index is 0.639. The molecule has 1 heterocycles. The summed E-state index contributed by atoms with van der Waals surface area (Å²) in [6.45, 7) is 9.49. The van der Waals surface area contributed by atoms with E-state index >= 15 is 0 Å². The summed E-state index contributed by atoms with van der Waals surface area (Å²) in [6, 6.07) is 0. The quantitative estimate of drug-likeness (QED) is 0.0646. The fraction of sp³-hybridized carbons (Fsp3) is 0.952. The number of hydrogen-bond donors (Lipinski definition) is 0. The molecule has 1 unspecified atom stereocenters. The maximum absolute atomic E-state index is 2.72. The maximum Gasteiger partial charge on any atom is 0.101 e. The highest BCUT2D eigenvalue weighted by Gasteiger charge is 2.24. The zero-order valence-electron chi connectivity index (χ0n) is 31.1. The van der Waals surface area contributed by atoms with Crippen LogP contribution < -0.4 is 0 Å². The highest BCUT2D eigenvalue weighted by molar-refractivity contribution is 4.97. The SMILES string of the molecule is CCCCCCCCCCCCCCCCCN1C=CN(CCCCCCCCCCCCC)C1CCCCCCCCC. The first-order chi connectivity index (χ1) is 21.8. The first-order valence-corrected chi connectivity index (χ1v) is 21.0. The van der Waals surface area contributed by atoms with Gasteiger partial charge < -0.3 is 9.80 Å². The molecule has 1 aliphatic rings. The molecule has 0 radical (unpaired) electrons. The van der Waals surface area contributed by atoms with E-state index in [0.29, 0.717) is 6.17 Å². The van der Waals surface area contributed by atoms with Crippen LogP contribution in [0.3, 0.4) is 0 Å². The molecule has 0 spiro atoms. The molecule has 1 atom stereocenters.